The van der Waals surface area contributed by atoms with Crippen LogP contribution in [0.15, 0.2) is 18.2 Å². The maximum atomic E-state index is 3.65. The second-order valence-electron chi connectivity index (χ2n) is 7.23. The first-order chi connectivity index (χ1) is 9.48. The lowest BCUT2D eigenvalue weighted by molar-refractivity contribution is 0.161. The largest absolute Gasteiger partial charge is 0.313 e. The Kier molecular flexibility index (Phi) is 4.90. The molecular weight excluding hydrogens is 242 g/mol. The van der Waals surface area contributed by atoms with Crippen molar-refractivity contribution in [3.05, 3.63) is 34.9 Å². The predicted molar refractivity (Wildman–Crippen MR) is 88.1 cm³/mol. The van der Waals surface area contributed by atoms with Gasteiger partial charge in [-0.1, -0.05) is 44.9 Å². The number of hydrogen-bond acceptors (Lipinski definition) is 1. The molecule has 1 N–H and O–H groups in total. The molecule has 2 rings (SSSR count). The second kappa shape index (κ2) is 6.30. The van der Waals surface area contributed by atoms with Crippen LogP contribution in [0.2, 0.25) is 0 Å². The van der Waals surface area contributed by atoms with Crippen LogP contribution in [-0.4, -0.2) is 7.05 Å². The lowest BCUT2D eigenvalue weighted by Crippen LogP contribution is -2.36. The maximum Gasteiger partial charge on any atom is 0.0374 e. The average molecular weight is 273 g/mol. The van der Waals surface area contributed by atoms with Gasteiger partial charge in [-0.3, -0.25) is 0 Å². The molecule has 0 saturated heterocycles. The van der Waals surface area contributed by atoms with Gasteiger partial charge >= 0.3 is 0 Å². The van der Waals surface area contributed by atoms with Crippen LogP contribution in [0.3, 0.4) is 0 Å². The molecule has 0 amide bonds. The van der Waals surface area contributed by atoms with Crippen LogP contribution in [0.5, 0.6) is 0 Å². The summed E-state index contributed by atoms with van der Waals surface area (Å²) in [4.78, 5) is 0. The predicted octanol–water partition coefficient (Wildman–Crippen LogP) is 5.17. The second-order valence-corrected chi connectivity index (χ2v) is 7.23. The van der Waals surface area contributed by atoms with Crippen molar-refractivity contribution < 1.29 is 0 Å². The van der Waals surface area contributed by atoms with Crippen molar-refractivity contribution in [2.24, 2.45) is 11.3 Å². The third-order valence-electron chi connectivity index (χ3n) is 5.18. The summed E-state index contributed by atoms with van der Waals surface area (Å²) in [6, 6.07) is 7.53. The summed E-state index contributed by atoms with van der Waals surface area (Å²) in [6.07, 6.45) is 6.89. The van der Waals surface area contributed by atoms with E-state index in [-0.39, 0.29) is 0 Å². The lowest BCUT2D eigenvalue weighted by atomic mass is 9.70. The average Bonchev–Trinajstić information content (AvgIpc) is 2.83. The van der Waals surface area contributed by atoms with Gasteiger partial charge in [0.05, 0.1) is 0 Å². The van der Waals surface area contributed by atoms with Gasteiger partial charge in [0, 0.05) is 6.04 Å². The quantitative estimate of drug-likeness (QED) is 0.780. The minimum atomic E-state index is 0.463. The van der Waals surface area contributed by atoms with Crippen LogP contribution in [0.1, 0.15) is 68.7 Å². The highest BCUT2D eigenvalue weighted by Gasteiger charge is 2.41. The van der Waals surface area contributed by atoms with Crippen LogP contribution in [-0.2, 0) is 0 Å². The van der Waals surface area contributed by atoms with Crippen LogP contribution in [0.25, 0.3) is 0 Å². The fourth-order valence-corrected chi connectivity index (χ4v) is 4.27. The number of benzene rings is 1. The fourth-order valence-electron chi connectivity index (χ4n) is 4.27. The summed E-state index contributed by atoms with van der Waals surface area (Å²) in [5, 5.41) is 3.65. The normalized spacial score (nSPS) is 19.5. The van der Waals surface area contributed by atoms with Crippen molar-refractivity contribution in [3.8, 4) is 0 Å². The van der Waals surface area contributed by atoms with E-state index in [9.17, 15) is 0 Å². The number of rotatable bonds is 5. The molecule has 1 atom stereocenters. The van der Waals surface area contributed by atoms with Gasteiger partial charge in [-0.05, 0) is 68.2 Å². The summed E-state index contributed by atoms with van der Waals surface area (Å²) in [5.41, 5.74) is 4.76. The van der Waals surface area contributed by atoms with Crippen LogP contribution in [0, 0.1) is 25.2 Å². The summed E-state index contributed by atoms with van der Waals surface area (Å²) in [7, 11) is 2.14. The van der Waals surface area contributed by atoms with E-state index in [0.717, 1.165) is 5.92 Å². The van der Waals surface area contributed by atoms with Crippen LogP contribution in [0.4, 0.5) is 0 Å². The number of nitrogens with one attached hydrogen (secondary N) is 1. The molecule has 0 spiro atoms. The molecule has 20 heavy (non-hydrogen) atoms. The Morgan fingerprint density at radius 1 is 1.10 bits per heavy atom. The standard InChI is InChI=1S/C19H31N/c1-14(2)13-19(10-6-7-11-19)18(20-5)17-9-8-15(3)16(4)12-17/h8-9,12,14,18,20H,6-7,10-11,13H2,1-5H3. The Morgan fingerprint density at radius 3 is 2.25 bits per heavy atom. The van der Waals surface area contributed by atoms with Crippen molar-refractivity contribution in [2.75, 3.05) is 7.05 Å². The number of hydrogen-bond donors (Lipinski definition) is 1. The third kappa shape index (κ3) is 3.09. The lowest BCUT2D eigenvalue weighted by Gasteiger charge is -2.39. The van der Waals surface area contributed by atoms with E-state index in [0.29, 0.717) is 11.5 Å². The highest BCUT2D eigenvalue weighted by molar-refractivity contribution is 5.33. The topological polar surface area (TPSA) is 12.0 Å². The zero-order valence-electron chi connectivity index (χ0n) is 13.9. The molecular formula is C19H31N. The Hall–Kier alpha value is -0.820. The molecule has 1 unspecified atom stereocenters. The molecule has 0 aromatic heterocycles. The zero-order valence-corrected chi connectivity index (χ0v) is 13.9. The molecule has 1 aromatic carbocycles. The van der Waals surface area contributed by atoms with Crippen molar-refractivity contribution in [3.63, 3.8) is 0 Å². The van der Waals surface area contributed by atoms with E-state index < -0.39 is 0 Å². The molecule has 1 aliphatic carbocycles. The zero-order chi connectivity index (χ0) is 14.8. The van der Waals surface area contributed by atoms with E-state index >= 15 is 0 Å². The van der Waals surface area contributed by atoms with Gasteiger partial charge in [-0.15, -0.1) is 0 Å². The van der Waals surface area contributed by atoms with Crippen molar-refractivity contribution in [1.29, 1.82) is 0 Å². The fraction of sp³-hybridized carbons (Fsp3) is 0.684. The molecule has 1 saturated carbocycles. The minimum absolute atomic E-state index is 0.463. The van der Waals surface area contributed by atoms with Crippen molar-refractivity contribution in [2.45, 2.75) is 65.8 Å². The van der Waals surface area contributed by atoms with Crippen LogP contribution < -0.4 is 5.32 Å². The molecule has 0 bridgehead atoms. The van der Waals surface area contributed by atoms with E-state index in [1.807, 2.05) is 0 Å². The highest BCUT2D eigenvalue weighted by atomic mass is 14.9. The SMILES string of the molecule is CNC(c1ccc(C)c(C)c1)C1(CC(C)C)CCCC1. The Morgan fingerprint density at radius 2 is 1.75 bits per heavy atom. The van der Waals surface area contributed by atoms with E-state index in [1.54, 1.807) is 0 Å². The van der Waals surface area contributed by atoms with Gasteiger partial charge in [-0.25, -0.2) is 0 Å². The first-order valence-electron chi connectivity index (χ1n) is 8.23. The van der Waals surface area contributed by atoms with E-state index in [4.69, 9.17) is 0 Å². The van der Waals surface area contributed by atoms with Gasteiger partial charge in [0.15, 0.2) is 0 Å². The first-order valence-corrected chi connectivity index (χ1v) is 8.23. The van der Waals surface area contributed by atoms with Gasteiger partial charge in [-0.2, -0.15) is 0 Å². The van der Waals surface area contributed by atoms with Gasteiger partial charge in [0.2, 0.25) is 0 Å². The van der Waals surface area contributed by atoms with E-state index in [1.165, 1.54) is 48.8 Å². The molecule has 1 aromatic rings. The first kappa shape index (κ1) is 15.6. The molecule has 1 heteroatoms. The Labute approximate surface area is 125 Å². The summed E-state index contributed by atoms with van der Waals surface area (Å²) in [5.74, 6) is 0.774. The molecule has 1 aliphatic rings. The molecule has 0 radical (unpaired) electrons. The summed E-state index contributed by atoms with van der Waals surface area (Å²) < 4.78 is 0. The van der Waals surface area contributed by atoms with Crippen LogP contribution >= 0.6 is 0 Å². The van der Waals surface area contributed by atoms with Gasteiger partial charge in [0.25, 0.3) is 0 Å². The Balaban J connectivity index is 2.35. The molecule has 1 fully saturated rings. The third-order valence-corrected chi connectivity index (χ3v) is 5.18. The molecule has 0 heterocycles. The van der Waals surface area contributed by atoms with Crippen molar-refractivity contribution >= 4 is 0 Å². The summed E-state index contributed by atoms with van der Waals surface area (Å²) >= 11 is 0. The molecule has 1 nitrogen and oxygen atoms in total. The number of aryl methyl sites for hydroxylation is 2. The smallest absolute Gasteiger partial charge is 0.0374 e. The minimum Gasteiger partial charge on any atom is -0.313 e. The van der Waals surface area contributed by atoms with Crippen molar-refractivity contribution in [1.82, 2.24) is 5.32 Å². The molecule has 112 valence electrons. The maximum absolute atomic E-state index is 3.65. The van der Waals surface area contributed by atoms with E-state index in [2.05, 4.69) is 58.3 Å². The van der Waals surface area contributed by atoms with Gasteiger partial charge < -0.3 is 5.32 Å². The molecule has 0 aliphatic heterocycles. The monoisotopic (exact) mass is 273 g/mol. The Bertz CT molecular complexity index is 441. The summed E-state index contributed by atoms with van der Waals surface area (Å²) in [6.45, 7) is 9.17. The highest BCUT2D eigenvalue weighted by Crippen LogP contribution is 2.51. The van der Waals surface area contributed by atoms with Gasteiger partial charge in [0.1, 0.15) is 0 Å².